The highest BCUT2D eigenvalue weighted by atomic mass is 19.4. The van der Waals surface area contributed by atoms with Crippen LogP contribution in [0.1, 0.15) is 93.6 Å². The molecule has 6 atom stereocenters. The number of ether oxygens (including phenoxy) is 3. The normalized spacial score (nSPS) is 18.6. The fourth-order valence-electron chi connectivity index (χ4n) is 7.68. The smallest absolute Gasteiger partial charge is 0.436 e. The highest BCUT2D eigenvalue weighted by Gasteiger charge is 2.43. The number of halogens is 3. The average molecular weight is 835 g/mol. The Morgan fingerprint density at radius 3 is 2.07 bits per heavy atom. The fraction of sp³-hybridized carbons (Fsp3) is 0.476. The van der Waals surface area contributed by atoms with Crippen molar-refractivity contribution < 1.29 is 46.6 Å². The number of hydrogen-bond acceptors (Lipinski definition) is 9. The quantitative estimate of drug-likeness (QED) is 0.127. The van der Waals surface area contributed by atoms with E-state index in [1.807, 2.05) is 38.1 Å². The predicted molar refractivity (Wildman–Crippen MR) is 213 cm³/mol. The second kappa shape index (κ2) is 18.4. The van der Waals surface area contributed by atoms with Crippen molar-refractivity contribution in [3.8, 4) is 23.1 Å². The molecule has 0 bridgehead atoms. The van der Waals surface area contributed by atoms with Gasteiger partial charge < -0.3 is 44.6 Å². The number of alkyl carbamates (subject to hydrolysis) is 2. The molecule has 15 nitrogen and oxygen atoms in total. The van der Waals surface area contributed by atoms with E-state index in [4.69, 9.17) is 9.47 Å². The van der Waals surface area contributed by atoms with Crippen LogP contribution in [0.15, 0.2) is 42.6 Å². The minimum Gasteiger partial charge on any atom is -0.453 e. The number of hydrogen-bond donors (Lipinski definition) is 4. The Balaban J connectivity index is 1.20. The maximum Gasteiger partial charge on any atom is 0.436 e. The van der Waals surface area contributed by atoms with Crippen molar-refractivity contribution in [1.29, 1.82) is 0 Å². The third-order valence-corrected chi connectivity index (χ3v) is 11.3. The molecule has 60 heavy (non-hydrogen) atoms. The van der Waals surface area contributed by atoms with Gasteiger partial charge in [0.1, 0.15) is 29.4 Å². The number of nitrogens with zero attached hydrogens (tertiary/aromatic N) is 4. The van der Waals surface area contributed by atoms with Crippen molar-refractivity contribution >= 4 is 34.8 Å². The van der Waals surface area contributed by atoms with Crippen LogP contribution in [0.4, 0.5) is 22.8 Å². The number of alkyl halides is 3. The molecule has 2 aliphatic heterocycles. The molecule has 4 N–H and O–H groups in total. The summed E-state index contributed by atoms with van der Waals surface area (Å²) in [5.41, 5.74) is 0.414. The van der Waals surface area contributed by atoms with Crippen molar-refractivity contribution in [1.82, 2.24) is 40.4 Å². The zero-order valence-corrected chi connectivity index (χ0v) is 34.2. The van der Waals surface area contributed by atoms with Crippen LogP contribution in [-0.4, -0.2) is 106 Å². The van der Waals surface area contributed by atoms with Crippen LogP contribution in [-0.2, 0) is 30.0 Å². The number of H-pyrrole nitrogens is 2. The third kappa shape index (κ3) is 9.36. The number of benzene rings is 2. The van der Waals surface area contributed by atoms with Gasteiger partial charge in [-0.05, 0) is 73.4 Å². The maximum absolute atomic E-state index is 14.3. The number of aromatic amines is 2. The molecular weight excluding hydrogens is 786 g/mol. The number of nitrogens with one attached hydrogen (secondary N) is 4. The largest absolute Gasteiger partial charge is 0.453 e. The van der Waals surface area contributed by atoms with Gasteiger partial charge in [-0.15, -0.1) is 0 Å². The summed E-state index contributed by atoms with van der Waals surface area (Å²) in [4.78, 5) is 69.2. The SMILES string of the molecule is CC[C@H](C)[C@H](NC(=O)OC)C(=O)N1CCCC1c1ncc(-c2ccc3cc(C#Cc4[nH]c(C5CCCN5C(=O)[C@@H](NC(=O)OC)[C@@H](C)OC)nc4C(F)(F)F)ccc3c2)[nH]1. The molecule has 18 heteroatoms. The summed E-state index contributed by atoms with van der Waals surface area (Å²) in [6.07, 6.45) is -2.37. The molecule has 320 valence electrons. The van der Waals surface area contributed by atoms with Gasteiger partial charge in [0, 0.05) is 31.3 Å². The van der Waals surface area contributed by atoms with Gasteiger partial charge in [0.2, 0.25) is 11.8 Å². The number of carbonyl (C=O) groups excluding carboxylic acids is 4. The van der Waals surface area contributed by atoms with Gasteiger partial charge in [0.25, 0.3) is 0 Å². The summed E-state index contributed by atoms with van der Waals surface area (Å²) >= 11 is 0. The first-order chi connectivity index (χ1) is 28.7. The van der Waals surface area contributed by atoms with Crippen LogP contribution in [0.25, 0.3) is 22.0 Å². The van der Waals surface area contributed by atoms with Gasteiger partial charge >= 0.3 is 18.4 Å². The standard InChI is InChI=1S/C42H49F3N8O7/c1-7-23(2)33(49-40(56)59-5)38(54)52-18-8-10-31(52)36-46-22-30(48-36)28-16-15-26-20-25(12-14-27(26)21-28)13-17-29-35(42(43,44)45)51-37(47-29)32-11-9-19-53(32)39(55)34(24(3)58-4)50-41(57)60-6/h12,14-16,20-24,31-34H,7-11,18-19H2,1-6H3,(H,46,48)(H,47,51)(H,49,56)(H,50,57)/t23-,24+,31?,32?,33-,34-/m0/s1. The van der Waals surface area contributed by atoms with Crippen molar-refractivity contribution in [3.63, 3.8) is 0 Å². The zero-order chi connectivity index (χ0) is 43.3. The molecule has 0 spiro atoms. The number of likely N-dealkylation sites (tertiary alicyclic amines) is 2. The number of amides is 4. The first-order valence-corrected chi connectivity index (χ1v) is 19.8. The molecule has 0 radical (unpaired) electrons. The minimum absolute atomic E-state index is 0.0644. The Morgan fingerprint density at radius 1 is 0.850 bits per heavy atom. The van der Waals surface area contributed by atoms with Crippen molar-refractivity contribution in [3.05, 3.63) is 71.2 Å². The lowest BCUT2D eigenvalue weighted by Crippen LogP contribution is -2.54. The van der Waals surface area contributed by atoms with Gasteiger partial charge in [-0.3, -0.25) is 9.59 Å². The van der Waals surface area contributed by atoms with E-state index in [9.17, 15) is 32.3 Å². The Kier molecular flexibility index (Phi) is 13.4. The number of fused-ring (bicyclic) bond motifs is 1. The van der Waals surface area contributed by atoms with Crippen LogP contribution in [0, 0.1) is 17.8 Å². The first kappa shape index (κ1) is 43.5. The molecule has 2 unspecified atom stereocenters. The molecule has 4 heterocycles. The zero-order valence-electron chi connectivity index (χ0n) is 34.2. The summed E-state index contributed by atoms with van der Waals surface area (Å²) in [5.74, 6) is 5.19. The average Bonchev–Trinajstić information content (AvgIpc) is 4.09. The lowest BCUT2D eigenvalue weighted by Gasteiger charge is -2.30. The molecule has 2 saturated heterocycles. The lowest BCUT2D eigenvalue weighted by molar-refractivity contribution is -0.141. The highest BCUT2D eigenvalue weighted by Crippen LogP contribution is 2.37. The van der Waals surface area contributed by atoms with Gasteiger partial charge in [0.15, 0.2) is 5.69 Å². The highest BCUT2D eigenvalue weighted by molar-refractivity contribution is 5.89. The molecule has 6 rings (SSSR count). The van der Waals surface area contributed by atoms with Crippen LogP contribution >= 0.6 is 0 Å². The van der Waals surface area contributed by atoms with Crippen LogP contribution in [0.3, 0.4) is 0 Å². The molecule has 2 aliphatic rings. The van der Waals surface area contributed by atoms with Gasteiger partial charge in [-0.2, -0.15) is 13.2 Å². The topological polar surface area (TPSA) is 184 Å². The molecule has 0 aliphatic carbocycles. The van der Waals surface area contributed by atoms with E-state index in [-0.39, 0.29) is 30.2 Å². The van der Waals surface area contributed by atoms with Gasteiger partial charge in [-0.1, -0.05) is 44.4 Å². The molecule has 4 amide bonds. The Labute approximate surface area is 345 Å². The molecule has 0 saturated carbocycles. The van der Waals surface area contributed by atoms with Crippen molar-refractivity contribution in [2.45, 2.75) is 89.3 Å². The van der Waals surface area contributed by atoms with Gasteiger partial charge in [-0.25, -0.2) is 19.6 Å². The molecule has 4 aromatic rings. The van der Waals surface area contributed by atoms with Crippen molar-refractivity contribution in [2.75, 3.05) is 34.4 Å². The number of carbonyl (C=O) groups is 4. The summed E-state index contributed by atoms with van der Waals surface area (Å²) < 4.78 is 57.6. The van der Waals surface area contributed by atoms with E-state index < -0.39 is 59.9 Å². The number of rotatable bonds is 11. The monoisotopic (exact) mass is 834 g/mol. The summed E-state index contributed by atoms with van der Waals surface area (Å²) in [5, 5.41) is 6.81. The van der Waals surface area contributed by atoms with Crippen LogP contribution in [0.5, 0.6) is 0 Å². The third-order valence-electron chi connectivity index (χ3n) is 11.3. The van der Waals surface area contributed by atoms with E-state index in [1.54, 1.807) is 30.2 Å². The first-order valence-electron chi connectivity index (χ1n) is 19.8. The number of methoxy groups -OCH3 is 3. The second-order valence-corrected chi connectivity index (χ2v) is 15.0. The fourth-order valence-corrected chi connectivity index (χ4v) is 7.68. The Hall–Kier alpha value is -6.09. The summed E-state index contributed by atoms with van der Waals surface area (Å²) in [6.45, 7) is 6.22. The summed E-state index contributed by atoms with van der Waals surface area (Å²) in [7, 11) is 3.79. The van der Waals surface area contributed by atoms with E-state index in [0.29, 0.717) is 43.6 Å². The van der Waals surface area contributed by atoms with Crippen LogP contribution in [0.2, 0.25) is 0 Å². The molecule has 2 fully saturated rings. The van der Waals surface area contributed by atoms with E-state index >= 15 is 0 Å². The van der Waals surface area contributed by atoms with Gasteiger partial charge in [0.05, 0.1) is 44.3 Å². The Morgan fingerprint density at radius 2 is 1.45 bits per heavy atom. The second-order valence-electron chi connectivity index (χ2n) is 15.0. The van der Waals surface area contributed by atoms with Crippen LogP contribution < -0.4 is 10.6 Å². The number of imidazole rings is 2. The number of aromatic nitrogens is 4. The summed E-state index contributed by atoms with van der Waals surface area (Å²) in [6, 6.07) is 8.04. The van der Waals surface area contributed by atoms with E-state index in [0.717, 1.165) is 35.6 Å². The molecular formula is C42H49F3N8O7. The van der Waals surface area contributed by atoms with E-state index in [1.165, 1.54) is 19.1 Å². The predicted octanol–water partition coefficient (Wildman–Crippen LogP) is 6.23. The van der Waals surface area contributed by atoms with Crippen molar-refractivity contribution in [2.24, 2.45) is 5.92 Å². The minimum atomic E-state index is -4.83. The molecule has 2 aromatic heterocycles. The lowest BCUT2D eigenvalue weighted by atomic mass is 9.97. The maximum atomic E-state index is 14.3. The Bertz CT molecular complexity index is 2280. The molecule has 2 aromatic carbocycles. The van der Waals surface area contributed by atoms with E-state index in [2.05, 4.69) is 47.1 Å².